The summed E-state index contributed by atoms with van der Waals surface area (Å²) in [7, 11) is 0. The molecule has 0 saturated carbocycles. The third-order valence-electron chi connectivity index (χ3n) is 5.26. The molecule has 1 unspecified atom stereocenters. The van der Waals surface area contributed by atoms with Gasteiger partial charge in [-0.25, -0.2) is 4.68 Å². The number of carbonyl (C=O) groups is 2. The van der Waals surface area contributed by atoms with Crippen LogP contribution in [0.5, 0.6) is 0 Å². The first-order valence-corrected chi connectivity index (χ1v) is 10.3. The van der Waals surface area contributed by atoms with Gasteiger partial charge in [0, 0.05) is 44.4 Å². The van der Waals surface area contributed by atoms with E-state index in [9.17, 15) is 9.59 Å². The number of halogens is 1. The summed E-state index contributed by atoms with van der Waals surface area (Å²) >= 11 is 6.05. The highest BCUT2D eigenvalue weighted by atomic mass is 35.5. The first-order chi connectivity index (χ1) is 14.6. The molecule has 0 radical (unpaired) electrons. The number of nitrogens with zero attached hydrogens (tertiary/aromatic N) is 4. The van der Waals surface area contributed by atoms with Crippen molar-refractivity contribution in [1.82, 2.24) is 25.0 Å². The minimum atomic E-state index is -0.227. The Balaban J connectivity index is 1.42. The minimum Gasteiger partial charge on any atom is -0.352 e. The predicted molar refractivity (Wildman–Crippen MR) is 114 cm³/mol. The van der Waals surface area contributed by atoms with Crippen LogP contribution in [0, 0.1) is 5.92 Å². The first-order valence-electron chi connectivity index (χ1n) is 9.89. The summed E-state index contributed by atoms with van der Waals surface area (Å²) in [5.74, 6) is -0.0617. The number of aromatic nitrogens is 3. The van der Waals surface area contributed by atoms with Crippen molar-refractivity contribution in [1.29, 1.82) is 0 Å². The van der Waals surface area contributed by atoms with Crippen LogP contribution in [0.3, 0.4) is 0 Å². The van der Waals surface area contributed by atoms with Crippen molar-refractivity contribution in [3.63, 3.8) is 0 Å². The zero-order valence-electron chi connectivity index (χ0n) is 16.4. The third-order valence-corrected chi connectivity index (χ3v) is 5.56. The summed E-state index contributed by atoms with van der Waals surface area (Å²) in [5.41, 5.74) is 1.79. The van der Waals surface area contributed by atoms with Gasteiger partial charge in [0.15, 0.2) is 0 Å². The molecule has 0 aliphatic carbocycles. The predicted octanol–water partition coefficient (Wildman–Crippen LogP) is 3.20. The molecular formula is C22H22ClN5O2. The van der Waals surface area contributed by atoms with Crippen LogP contribution >= 0.6 is 11.6 Å². The second-order valence-corrected chi connectivity index (χ2v) is 7.70. The maximum absolute atomic E-state index is 13.2. The van der Waals surface area contributed by atoms with E-state index in [1.54, 1.807) is 23.1 Å². The Labute approximate surface area is 179 Å². The van der Waals surface area contributed by atoms with Crippen LogP contribution in [-0.4, -0.2) is 51.1 Å². The average molecular weight is 424 g/mol. The molecule has 7 nitrogen and oxygen atoms in total. The van der Waals surface area contributed by atoms with Gasteiger partial charge in [0.1, 0.15) is 0 Å². The number of rotatable bonds is 5. The number of hydrogen-bond donors (Lipinski definition) is 1. The number of pyridine rings is 1. The lowest BCUT2D eigenvalue weighted by Gasteiger charge is -2.33. The molecule has 1 aliphatic heterocycles. The van der Waals surface area contributed by atoms with Gasteiger partial charge >= 0.3 is 0 Å². The molecule has 1 aromatic carbocycles. The Morgan fingerprint density at radius 3 is 2.80 bits per heavy atom. The number of hydrogen-bond acceptors (Lipinski definition) is 4. The van der Waals surface area contributed by atoms with E-state index in [2.05, 4.69) is 15.4 Å². The van der Waals surface area contributed by atoms with Crippen LogP contribution in [0.25, 0.3) is 5.69 Å². The maximum atomic E-state index is 13.2. The fourth-order valence-corrected chi connectivity index (χ4v) is 3.95. The number of piperidine rings is 1. The number of amides is 2. The van der Waals surface area contributed by atoms with Crippen LogP contribution in [0.1, 0.15) is 33.6 Å². The monoisotopic (exact) mass is 423 g/mol. The summed E-state index contributed by atoms with van der Waals surface area (Å²) in [4.78, 5) is 31.4. The van der Waals surface area contributed by atoms with E-state index in [0.717, 1.165) is 18.5 Å². The molecule has 154 valence electrons. The number of benzene rings is 1. The lowest BCUT2D eigenvalue weighted by atomic mass is 9.97. The van der Waals surface area contributed by atoms with Crippen molar-refractivity contribution in [3.8, 4) is 5.69 Å². The summed E-state index contributed by atoms with van der Waals surface area (Å²) < 4.78 is 1.70. The van der Waals surface area contributed by atoms with Crippen LogP contribution in [-0.2, 0) is 0 Å². The molecule has 2 amide bonds. The van der Waals surface area contributed by atoms with E-state index in [4.69, 9.17) is 11.6 Å². The quantitative estimate of drug-likeness (QED) is 0.683. The molecule has 1 atom stereocenters. The van der Waals surface area contributed by atoms with E-state index in [-0.39, 0.29) is 17.7 Å². The van der Waals surface area contributed by atoms with Gasteiger partial charge in [0.25, 0.3) is 11.8 Å². The second kappa shape index (κ2) is 9.09. The average Bonchev–Trinajstić information content (AvgIpc) is 3.32. The van der Waals surface area contributed by atoms with Gasteiger partial charge in [0.05, 0.1) is 21.8 Å². The molecule has 3 aromatic rings. The molecule has 2 aromatic heterocycles. The molecule has 4 rings (SSSR count). The van der Waals surface area contributed by atoms with E-state index >= 15 is 0 Å². The van der Waals surface area contributed by atoms with E-state index in [0.29, 0.717) is 35.8 Å². The van der Waals surface area contributed by atoms with Crippen LogP contribution < -0.4 is 5.32 Å². The topological polar surface area (TPSA) is 80.1 Å². The Morgan fingerprint density at radius 1 is 1.13 bits per heavy atom. The fraction of sp³-hybridized carbons (Fsp3) is 0.273. The Kier molecular flexibility index (Phi) is 6.09. The van der Waals surface area contributed by atoms with Crippen LogP contribution in [0.2, 0.25) is 5.02 Å². The van der Waals surface area contributed by atoms with Crippen LogP contribution in [0.15, 0.2) is 61.2 Å². The maximum Gasteiger partial charge on any atom is 0.256 e. The molecule has 0 bridgehead atoms. The van der Waals surface area contributed by atoms with Crippen molar-refractivity contribution in [2.24, 2.45) is 5.92 Å². The Hall–Kier alpha value is -3.19. The smallest absolute Gasteiger partial charge is 0.256 e. The largest absolute Gasteiger partial charge is 0.352 e. The van der Waals surface area contributed by atoms with Gasteiger partial charge in [-0.1, -0.05) is 23.7 Å². The SMILES string of the molecule is O=C(NCC1CCCN(C(=O)c2ccccc2-n2cccn2)C1)c1ccncc1Cl. The number of nitrogens with one attached hydrogen (secondary N) is 1. The van der Waals surface area contributed by atoms with E-state index in [1.807, 2.05) is 41.4 Å². The first kappa shape index (κ1) is 20.1. The van der Waals surface area contributed by atoms with Gasteiger partial charge in [-0.2, -0.15) is 5.10 Å². The lowest BCUT2D eigenvalue weighted by Crippen LogP contribution is -2.44. The van der Waals surface area contributed by atoms with Crippen molar-refractivity contribution in [2.45, 2.75) is 12.8 Å². The Morgan fingerprint density at radius 2 is 2.00 bits per heavy atom. The van der Waals surface area contributed by atoms with Gasteiger partial charge in [-0.05, 0) is 43.0 Å². The lowest BCUT2D eigenvalue weighted by molar-refractivity contribution is 0.0670. The highest BCUT2D eigenvalue weighted by Crippen LogP contribution is 2.22. The van der Waals surface area contributed by atoms with Gasteiger partial charge < -0.3 is 10.2 Å². The second-order valence-electron chi connectivity index (χ2n) is 7.29. The minimum absolute atomic E-state index is 0.0192. The fourth-order valence-electron chi connectivity index (χ4n) is 3.74. The van der Waals surface area contributed by atoms with Crippen LogP contribution in [0.4, 0.5) is 0 Å². The summed E-state index contributed by atoms with van der Waals surface area (Å²) in [6.07, 6.45) is 8.36. The van der Waals surface area contributed by atoms with Gasteiger partial charge in [-0.15, -0.1) is 0 Å². The number of carbonyl (C=O) groups excluding carboxylic acids is 2. The van der Waals surface area contributed by atoms with Gasteiger partial charge in [-0.3, -0.25) is 14.6 Å². The molecule has 1 fully saturated rings. The Bertz CT molecular complexity index is 1040. The number of para-hydroxylation sites is 1. The molecule has 0 spiro atoms. The van der Waals surface area contributed by atoms with Gasteiger partial charge in [0.2, 0.25) is 0 Å². The normalized spacial score (nSPS) is 16.3. The van der Waals surface area contributed by atoms with Crippen molar-refractivity contribution < 1.29 is 9.59 Å². The molecule has 1 N–H and O–H groups in total. The van der Waals surface area contributed by atoms with E-state index in [1.165, 1.54) is 6.20 Å². The highest BCUT2D eigenvalue weighted by Gasteiger charge is 2.26. The van der Waals surface area contributed by atoms with Crippen molar-refractivity contribution in [3.05, 3.63) is 77.3 Å². The van der Waals surface area contributed by atoms with E-state index < -0.39 is 0 Å². The molecule has 1 saturated heterocycles. The summed E-state index contributed by atoms with van der Waals surface area (Å²) in [6.45, 7) is 1.78. The number of likely N-dealkylation sites (tertiary alicyclic amines) is 1. The molecule has 1 aliphatic rings. The standard InChI is InChI=1S/C22H22ClN5O2/c23-19-14-24-10-8-17(19)21(29)25-13-16-5-3-11-27(15-16)22(30)18-6-1-2-7-20(18)28-12-4-9-26-28/h1-2,4,6-10,12,14,16H,3,5,11,13,15H2,(H,25,29). The molecule has 3 heterocycles. The molecular weight excluding hydrogens is 402 g/mol. The summed E-state index contributed by atoms with van der Waals surface area (Å²) in [5, 5.41) is 7.52. The summed E-state index contributed by atoms with van der Waals surface area (Å²) in [6, 6.07) is 10.9. The third kappa shape index (κ3) is 4.36. The molecule has 30 heavy (non-hydrogen) atoms. The molecule has 8 heteroatoms. The van der Waals surface area contributed by atoms with Crippen molar-refractivity contribution in [2.75, 3.05) is 19.6 Å². The zero-order valence-corrected chi connectivity index (χ0v) is 17.1. The highest BCUT2D eigenvalue weighted by molar-refractivity contribution is 6.33. The zero-order chi connectivity index (χ0) is 20.9. The van der Waals surface area contributed by atoms with Crippen molar-refractivity contribution >= 4 is 23.4 Å².